The molecule has 0 aliphatic rings. The Hall–Kier alpha value is -0.610. The Labute approximate surface area is 80.4 Å². The zero-order valence-electron chi connectivity index (χ0n) is 8.84. The van der Waals surface area contributed by atoms with Crippen LogP contribution in [0.2, 0.25) is 0 Å². The maximum absolute atomic E-state index is 11.3. The Kier molecular flexibility index (Phi) is 6.54. The number of nitrogens with two attached hydrogens (primary N) is 1. The largest absolute Gasteiger partial charge is 0.295 e. The molecule has 0 aliphatic heterocycles. The Bertz CT molecular complexity index is 150. The van der Waals surface area contributed by atoms with Gasteiger partial charge < -0.3 is 0 Å². The van der Waals surface area contributed by atoms with Gasteiger partial charge in [-0.05, 0) is 26.4 Å². The molecule has 13 heavy (non-hydrogen) atoms. The van der Waals surface area contributed by atoms with Crippen molar-refractivity contribution in [2.45, 2.75) is 39.2 Å². The number of carbonyl (C=O) groups is 1. The van der Waals surface area contributed by atoms with E-state index in [-0.39, 0.29) is 11.9 Å². The maximum Gasteiger partial charge on any atom is 0.251 e. The van der Waals surface area contributed by atoms with Gasteiger partial charge in [0.1, 0.15) is 0 Å². The summed E-state index contributed by atoms with van der Waals surface area (Å²) in [5.41, 5.74) is 2.19. The molecule has 1 atom stereocenters. The van der Waals surface area contributed by atoms with Crippen molar-refractivity contribution >= 4 is 5.91 Å². The van der Waals surface area contributed by atoms with Gasteiger partial charge >= 0.3 is 0 Å². The van der Waals surface area contributed by atoms with E-state index in [0.29, 0.717) is 0 Å². The Morgan fingerprint density at radius 2 is 2.15 bits per heavy atom. The van der Waals surface area contributed by atoms with Crippen molar-refractivity contribution in [2.75, 3.05) is 13.6 Å². The molecule has 0 radical (unpaired) electrons. The van der Waals surface area contributed by atoms with E-state index in [1.165, 1.54) is 0 Å². The molecule has 0 heterocycles. The second-order valence-corrected chi connectivity index (χ2v) is 3.27. The fourth-order valence-electron chi connectivity index (χ4n) is 1.36. The molecule has 0 saturated carbocycles. The molecule has 0 bridgehead atoms. The standard InChI is InChI=1S/C9H21N3O/c1-4-6-7-12(3)8(5-2)9(13)11-10/h8H,4-7,10H2,1-3H3,(H,11,13). The fraction of sp³-hybridized carbons (Fsp3) is 0.889. The molecular weight excluding hydrogens is 166 g/mol. The van der Waals surface area contributed by atoms with E-state index >= 15 is 0 Å². The zero-order valence-corrected chi connectivity index (χ0v) is 8.84. The van der Waals surface area contributed by atoms with Gasteiger partial charge in [0.2, 0.25) is 0 Å². The van der Waals surface area contributed by atoms with Crippen LogP contribution in [0.3, 0.4) is 0 Å². The number of unbranched alkanes of at least 4 members (excludes halogenated alkanes) is 1. The molecule has 0 saturated heterocycles. The smallest absolute Gasteiger partial charge is 0.251 e. The van der Waals surface area contributed by atoms with Gasteiger partial charge in [0.25, 0.3) is 5.91 Å². The van der Waals surface area contributed by atoms with E-state index in [2.05, 4.69) is 12.3 Å². The van der Waals surface area contributed by atoms with Gasteiger partial charge in [-0.1, -0.05) is 20.3 Å². The van der Waals surface area contributed by atoms with Gasteiger partial charge in [-0.2, -0.15) is 0 Å². The molecule has 0 aromatic carbocycles. The van der Waals surface area contributed by atoms with E-state index in [9.17, 15) is 4.79 Å². The summed E-state index contributed by atoms with van der Waals surface area (Å²) in [7, 11) is 1.96. The molecule has 78 valence electrons. The predicted molar refractivity (Wildman–Crippen MR) is 53.9 cm³/mol. The van der Waals surface area contributed by atoms with Crippen molar-refractivity contribution in [3.8, 4) is 0 Å². The van der Waals surface area contributed by atoms with Crippen molar-refractivity contribution < 1.29 is 4.79 Å². The number of nitrogens with one attached hydrogen (secondary N) is 1. The second kappa shape index (κ2) is 6.86. The van der Waals surface area contributed by atoms with Crippen LogP contribution >= 0.6 is 0 Å². The SMILES string of the molecule is CCCCN(C)C(CC)C(=O)NN. The molecule has 4 nitrogen and oxygen atoms in total. The lowest BCUT2D eigenvalue weighted by atomic mass is 10.2. The first-order chi connectivity index (χ1) is 6.17. The van der Waals surface area contributed by atoms with Gasteiger partial charge in [0, 0.05) is 0 Å². The highest BCUT2D eigenvalue weighted by Crippen LogP contribution is 2.03. The van der Waals surface area contributed by atoms with Crippen LogP contribution in [0.5, 0.6) is 0 Å². The highest BCUT2D eigenvalue weighted by Gasteiger charge is 2.19. The number of hydrogen-bond acceptors (Lipinski definition) is 3. The predicted octanol–water partition coefficient (Wildman–Crippen LogP) is 0.487. The van der Waals surface area contributed by atoms with Crippen LogP contribution in [0.15, 0.2) is 0 Å². The summed E-state index contributed by atoms with van der Waals surface area (Å²) in [6, 6.07) is -0.0865. The lowest BCUT2D eigenvalue weighted by molar-refractivity contribution is -0.126. The first kappa shape index (κ1) is 12.4. The molecular formula is C9H21N3O. The van der Waals surface area contributed by atoms with Crippen molar-refractivity contribution in [3.05, 3.63) is 0 Å². The molecule has 0 aromatic heterocycles. The van der Waals surface area contributed by atoms with Crippen molar-refractivity contribution in [3.63, 3.8) is 0 Å². The molecule has 4 heteroatoms. The van der Waals surface area contributed by atoms with E-state index in [4.69, 9.17) is 5.84 Å². The number of likely N-dealkylation sites (N-methyl/N-ethyl adjacent to an activating group) is 1. The van der Waals surface area contributed by atoms with Gasteiger partial charge in [-0.25, -0.2) is 5.84 Å². The zero-order chi connectivity index (χ0) is 10.3. The Balaban J connectivity index is 3.98. The second-order valence-electron chi connectivity index (χ2n) is 3.27. The number of carbonyl (C=O) groups excluding carboxylic acids is 1. The van der Waals surface area contributed by atoms with E-state index < -0.39 is 0 Å². The van der Waals surface area contributed by atoms with E-state index in [1.54, 1.807) is 0 Å². The number of rotatable bonds is 6. The van der Waals surface area contributed by atoms with Gasteiger partial charge in [-0.3, -0.25) is 15.1 Å². The first-order valence-electron chi connectivity index (χ1n) is 4.88. The van der Waals surface area contributed by atoms with Crippen LogP contribution in [-0.4, -0.2) is 30.4 Å². The van der Waals surface area contributed by atoms with Crippen molar-refractivity contribution in [2.24, 2.45) is 5.84 Å². The molecule has 0 spiro atoms. The Morgan fingerprint density at radius 3 is 2.54 bits per heavy atom. The molecule has 1 amide bonds. The van der Waals surface area contributed by atoms with Crippen LogP contribution < -0.4 is 11.3 Å². The summed E-state index contributed by atoms with van der Waals surface area (Å²) in [4.78, 5) is 13.3. The lowest BCUT2D eigenvalue weighted by Gasteiger charge is -2.24. The van der Waals surface area contributed by atoms with Crippen molar-refractivity contribution in [1.29, 1.82) is 0 Å². The monoisotopic (exact) mass is 187 g/mol. The molecule has 3 N–H and O–H groups in total. The highest BCUT2D eigenvalue weighted by molar-refractivity contribution is 5.80. The maximum atomic E-state index is 11.3. The van der Waals surface area contributed by atoms with Gasteiger partial charge in [-0.15, -0.1) is 0 Å². The van der Waals surface area contributed by atoms with E-state index in [0.717, 1.165) is 25.8 Å². The van der Waals surface area contributed by atoms with Crippen LogP contribution in [0, 0.1) is 0 Å². The summed E-state index contributed by atoms with van der Waals surface area (Å²) in [5.74, 6) is 4.99. The normalized spacial score (nSPS) is 13.0. The van der Waals surface area contributed by atoms with Crippen LogP contribution in [0.25, 0.3) is 0 Å². The minimum absolute atomic E-state index is 0.0865. The minimum atomic E-state index is -0.0962. The molecule has 0 aliphatic carbocycles. The summed E-state index contributed by atoms with van der Waals surface area (Å²) >= 11 is 0. The van der Waals surface area contributed by atoms with Gasteiger partial charge in [0.05, 0.1) is 6.04 Å². The summed E-state index contributed by atoms with van der Waals surface area (Å²) in [6.07, 6.45) is 3.05. The average molecular weight is 187 g/mol. The third-order valence-corrected chi connectivity index (χ3v) is 2.23. The average Bonchev–Trinajstić information content (AvgIpc) is 2.15. The molecule has 1 unspecified atom stereocenters. The third-order valence-electron chi connectivity index (χ3n) is 2.23. The Morgan fingerprint density at radius 1 is 1.54 bits per heavy atom. The first-order valence-corrected chi connectivity index (χ1v) is 4.88. The molecule has 0 fully saturated rings. The van der Waals surface area contributed by atoms with Gasteiger partial charge in [0.15, 0.2) is 0 Å². The highest BCUT2D eigenvalue weighted by atomic mass is 16.2. The lowest BCUT2D eigenvalue weighted by Crippen LogP contribution is -2.47. The number of hydrazine groups is 1. The van der Waals surface area contributed by atoms with Crippen LogP contribution in [0.4, 0.5) is 0 Å². The number of amides is 1. The minimum Gasteiger partial charge on any atom is -0.295 e. The van der Waals surface area contributed by atoms with E-state index in [1.807, 2.05) is 18.9 Å². The molecule has 0 aromatic rings. The fourth-order valence-corrected chi connectivity index (χ4v) is 1.36. The number of nitrogens with zero attached hydrogens (tertiary/aromatic N) is 1. The quantitative estimate of drug-likeness (QED) is 0.361. The summed E-state index contributed by atoms with van der Waals surface area (Å²) < 4.78 is 0. The van der Waals surface area contributed by atoms with Crippen molar-refractivity contribution in [1.82, 2.24) is 10.3 Å². The summed E-state index contributed by atoms with van der Waals surface area (Å²) in [5, 5.41) is 0. The third kappa shape index (κ3) is 4.24. The summed E-state index contributed by atoms with van der Waals surface area (Å²) in [6.45, 7) is 5.07. The number of hydrogen-bond donors (Lipinski definition) is 2. The molecule has 0 rings (SSSR count). The van der Waals surface area contributed by atoms with Crippen LogP contribution in [0.1, 0.15) is 33.1 Å². The topological polar surface area (TPSA) is 58.4 Å². The van der Waals surface area contributed by atoms with Crippen LogP contribution in [-0.2, 0) is 4.79 Å².